The topological polar surface area (TPSA) is 37.4 Å². The molecule has 1 aliphatic rings. The van der Waals surface area contributed by atoms with Crippen LogP contribution in [0.25, 0.3) is 0 Å². The molecule has 0 radical (unpaired) electrons. The maximum absolute atomic E-state index is 12.4. The van der Waals surface area contributed by atoms with Gasteiger partial charge >= 0.3 is 0 Å². The van der Waals surface area contributed by atoms with E-state index < -0.39 is 0 Å². The smallest absolute Gasteiger partial charge is 0.253 e. The van der Waals surface area contributed by atoms with Crippen LogP contribution < -0.4 is 0 Å². The lowest BCUT2D eigenvalue weighted by Gasteiger charge is -2.30. The van der Waals surface area contributed by atoms with Crippen LogP contribution in [-0.2, 0) is 4.79 Å². The first-order valence-corrected chi connectivity index (χ1v) is 11.2. The van der Waals surface area contributed by atoms with E-state index in [0.717, 1.165) is 5.56 Å². The van der Waals surface area contributed by atoms with Gasteiger partial charge < -0.3 is 4.90 Å². The van der Waals surface area contributed by atoms with E-state index in [-0.39, 0.29) is 17.6 Å². The molecule has 0 saturated carbocycles. The highest BCUT2D eigenvalue weighted by Crippen LogP contribution is 2.19. The Hall–Kier alpha value is -2.86. The van der Waals surface area contributed by atoms with Gasteiger partial charge in [-0.3, -0.25) is 9.59 Å². The lowest BCUT2D eigenvalue weighted by atomic mass is 9.92. The van der Waals surface area contributed by atoms with Gasteiger partial charge in [0.15, 0.2) is 0 Å². The van der Waals surface area contributed by atoms with Crippen molar-refractivity contribution in [3.05, 3.63) is 71.8 Å². The maximum Gasteiger partial charge on any atom is 0.253 e. The molecule has 0 unspecified atom stereocenters. The van der Waals surface area contributed by atoms with E-state index in [2.05, 4.69) is 11.8 Å². The van der Waals surface area contributed by atoms with Crippen LogP contribution in [-0.4, -0.2) is 29.7 Å². The minimum atomic E-state index is -0.0685. The van der Waals surface area contributed by atoms with E-state index >= 15 is 0 Å². The van der Waals surface area contributed by atoms with Gasteiger partial charge in [0.2, 0.25) is 5.78 Å². The molecule has 0 aromatic heterocycles. The van der Waals surface area contributed by atoms with Crippen LogP contribution in [0, 0.1) is 17.8 Å². The van der Waals surface area contributed by atoms with Gasteiger partial charge in [-0.25, -0.2) is 0 Å². The number of amides is 1. The molecule has 30 heavy (non-hydrogen) atoms. The number of hydrogen-bond acceptors (Lipinski definition) is 2. The fourth-order valence-corrected chi connectivity index (χ4v) is 2.87. The Morgan fingerprint density at radius 3 is 1.73 bits per heavy atom. The summed E-state index contributed by atoms with van der Waals surface area (Å²) < 4.78 is 0. The number of likely N-dealkylation sites (tertiary alicyclic amines) is 1. The number of rotatable bonds is 2. The van der Waals surface area contributed by atoms with Gasteiger partial charge in [-0.15, -0.1) is 0 Å². The van der Waals surface area contributed by atoms with Gasteiger partial charge in [0, 0.05) is 30.1 Å². The molecule has 2 aromatic rings. The predicted octanol–water partition coefficient (Wildman–Crippen LogP) is 6.24. The molecule has 0 aliphatic carbocycles. The zero-order chi connectivity index (χ0) is 22.8. The van der Waals surface area contributed by atoms with Crippen LogP contribution in [0.5, 0.6) is 0 Å². The third-order valence-corrected chi connectivity index (χ3v) is 4.28. The lowest BCUT2D eigenvalue weighted by Crippen LogP contribution is -2.40. The number of nitrogens with zero attached hydrogens (tertiary/aromatic N) is 1. The second kappa shape index (κ2) is 17.0. The molecule has 1 saturated heterocycles. The fourth-order valence-electron chi connectivity index (χ4n) is 2.87. The Bertz CT molecular complexity index is 765. The summed E-state index contributed by atoms with van der Waals surface area (Å²) in [4.78, 5) is 26.5. The molecule has 0 spiro atoms. The average molecular weight is 408 g/mol. The van der Waals surface area contributed by atoms with E-state index in [1.807, 2.05) is 107 Å². The van der Waals surface area contributed by atoms with Crippen molar-refractivity contribution in [3.63, 3.8) is 0 Å². The monoisotopic (exact) mass is 407 g/mol. The molecule has 1 aliphatic heterocycles. The normalized spacial score (nSPS) is 12.3. The summed E-state index contributed by atoms with van der Waals surface area (Å²) in [5, 5.41) is 0. The van der Waals surface area contributed by atoms with Crippen molar-refractivity contribution in [3.8, 4) is 11.8 Å². The van der Waals surface area contributed by atoms with Gasteiger partial charge in [-0.1, -0.05) is 83.9 Å². The summed E-state index contributed by atoms with van der Waals surface area (Å²) in [6, 6.07) is 18.8. The Morgan fingerprint density at radius 1 is 0.767 bits per heavy atom. The molecule has 0 N–H and O–H groups in total. The molecule has 1 fully saturated rings. The first-order chi connectivity index (χ1) is 14.7. The number of hydrogen-bond donors (Lipinski definition) is 0. The van der Waals surface area contributed by atoms with Gasteiger partial charge in [-0.2, -0.15) is 0 Å². The highest BCUT2D eigenvalue weighted by molar-refractivity contribution is 5.98. The number of benzene rings is 2. The predicted molar refractivity (Wildman–Crippen MR) is 127 cm³/mol. The van der Waals surface area contributed by atoms with Gasteiger partial charge in [0.05, 0.1) is 0 Å². The van der Waals surface area contributed by atoms with E-state index in [0.29, 0.717) is 31.5 Å². The Balaban J connectivity index is 0.00000129. The van der Waals surface area contributed by atoms with E-state index in [1.54, 1.807) is 0 Å². The van der Waals surface area contributed by atoms with Crippen molar-refractivity contribution in [2.24, 2.45) is 5.92 Å². The number of Topliss-reactive ketones (excluding diaryl/α,β-unsaturated/α-hetero) is 1. The van der Waals surface area contributed by atoms with E-state index in [9.17, 15) is 9.59 Å². The molecule has 2 aromatic carbocycles. The highest BCUT2D eigenvalue weighted by atomic mass is 16.2. The molecule has 3 nitrogen and oxygen atoms in total. The standard InChI is InChI=1S/C21H19NO2.3C2H6/c23-20(12-11-17-7-3-1-4-8-17)18-13-15-22(16-14-18)21(24)19-9-5-2-6-10-19;3*1-2/h1-10,18H,13-16H2;3*1-2H3. The SMILES string of the molecule is CC.CC.CC.O=C(C#Cc1ccccc1)C1CCN(C(=O)c2ccccc2)CC1. The first-order valence-electron chi connectivity index (χ1n) is 11.2. The van der Waals surface area contributed by atoms with Crippen molar-refractivity contribution < 1.29 is 9.59 Å². The molecule has 0 bridgehead atoms. The average Bonchev–Trinajstić information content (AvgIpc) is 2.87. The van der Waals surface area contributed by atoms with Crippen LogP contribution in [0.2, 0.25) is 0 Å². The first kappa shape index (κ1) is 27.1. The summed E-state index contributed by atoms with van der Waals surface area (Å²) in [5.74, 6) is 5.62. The molecule has 1 amide bonds. The third kappa shape index (κ3) is 9.09. The molecule has 0 atom stereocenters. The van der Waals surface area contributed by atoms with Crippen LogP contribution in [0.1, 0.15) is 70.3 Å². The molecular weight excluding hydrogens is 370 g/mol. The van der Waals surface area contributed by atoms with E-state index in [1.165, 1.54) is 0 Å². The number of carbonyl (C=O) groups is 2. The van der Waals surface area contributed by atoms with Crippen molar-refractivity contribution in [2.45, 2.75) is 54.4 Å². The Labute approximate surface area is 183 Å². The summed E-state index contributed by atoms with van der Waals surface area (Å²) in [5.41, 5.74) is 1.55. The van der Waals surface area contributed by atoms with Crippen LogP contribution in [0.3, 0.4) is 0 Å². The van der Waals surface area contributed by atoms with Crippen molar-refractivity contribution in [1.82, 2.24) is 4.90 Å². The number of carbonyl (C=O) groups excluding carboxylic acids is 2. The Morgan fingerprint density at radius 2 is 1.23 bits per heavy atom. The summed E-state index contributed by atoms with van der Waals surface area (Å²) >= 11 is 0. The quantitative estimate of drug-likeness (QED) is 0.553. The van der Waals surface area contributed by atoms with Crippen LogP contribution >= 0.6 is 0 Å². The number of piperidine rings is 1. The zero-order valence-corrected chi connectivity index (χ0v) is 19.4. The van der Waals surface area contributed by atoms with Crippen molar-refractivity contribution in [2.75, 3.05) is 13.1 Å². The summed E-state index contributed by atoms with van der Waals surface area (Å²) in [6.45, 7) is 13.2. The molecular formula is C27H37NO2. The zero-order valence-electron chi connectivity index (χ0n) is 19.4. The number of ketones is 1. The van der Waals surface area contributed by atoms with Crippen LogP contribution in [0.15, 0.2) is 60.7 Å². The molecule has 162 valence electrons. The third-order valence-electron chi connectivity index (χ3n) is 4.28. The summed E-state index contributed by atoms with van der Waals surface area (Å²) in [6.07, 6.45) is 1.36. The van der Waals surface area contributed by atoms with Crippen LogP contribution in [0.4, 0.5) is 0 Å². The van der Waals surface area contributed by atoms with Gasteiger partial charge in [-0.05, 0) is 43.0 Å². The minimum absolute atomic E-state index is 0.0225. The van der Waals surface area contributed by atoms with E-state index in [4.69, 9.17) is 0 Å². The van der Waals surface area contributed by atoms with Gasteiger partial charge in [0.1, 0.15) is 0 Å². The summed E-state index contributed by atoms with van der Waals surface area (Å²) in [7, 11) is 0. The largest absolute Gasteiger partial charge is 0.339 e. The van der Waals surface area contributed by atoms with Crippen molar-refractivity contribution in [1.29, 1.82) is 0 Å². The second-order valence-electron chi connectivity index (χ2n) is 5.91. The molecule has 3 heteroatoms. The van der Waals surface area contributed by atoms with Crippen molar-refractivity contribution >= 4 is 11.7 Å². The Kier molecular flexibility index (Phi) is 15.4. The van der Waals surface area contributed by atoms with Gasteiger partial charge in [0.25, 0.3) is 5.91 Å². The highest BCUT2D eigenvalue weighted by Gasteiger charge is 2.26. The molecule has 1 heterocycles. The fraction of sp³-hybridized carbons (Fsp3) is 0.407. The second-order valence-corrected chi connectivity index (χ2v) is 5.91. The molecule has 3 rings (SSSR count). The lowest BCUT2D eigenvalue weighted by molar-refractivity contribution is -0.118. The maximum atomic E-state index is 12.4. The minimum Gasteiger partial charge on any atom is -0.339 e.